The second kappa shape index (κ2) is 14.3. The second-order valence-corrected chi connectivity index (χ2v) is 7.92. The third-order valence-corrected chi connectivity index (χ3v) is 2.22. The molecule has 9 nitrogen and oxygen atoms in total. The molecular weight excluding hydrogens is 334 g/mol. The van der Waals surface area contributed by atoms with Crippen LogP contribution < -0.4 is 11.5 Å². The molecule has 22 heavy (non-hydrogen) atoms. The van der Waals surface area contributed by atoms with Crippen molar-refractivity contribution in [3.05, 3.63) is 0 Å². The van der Waals surface area contributed by atoms with Crippen LogP contribution in [0.4, 0.5) is 0 Å². The van der Waals surface area contributed by atoms with Crippen molar-refractivity contribution in [1.29, 1.82) is 0 Å². The van der Waals surface area contributed by atoms with E-state index in [-0.39, 0.29) is 0 Å². The lowest BCUT2D eigenvalue weighted by molar-refractivity contribution is -0.378. The van der Waals surface area contributed by atoms with E-state index in [1.165, 1.54) is 13.0 Å². The predicted molar refractivity (Wildman–Crippen MR) is 86.4 cm³/mol. The van der Waals surface area contributed by atoms with Crippen LogP contribution in [0.25, 0.3) is 0 Å². The molecular formula is C11H33N3O6S2+2. The first-order valence-corrected chi connectivity index (χ1v) is 10.6. The van der Waals surface area contributed by atoms with Crippen molar-refractivity contribution in [2.45, 2.75) is 20.3 Å². The van der Waals surface area contributed by atoms with Crippen LogP contribution in [-0.2, 0) is 20.2 Å². The number of hydrogen-bond acceptors (Lipinski definition) is 5. The van der Waals surface area contributed by atoms with Gasteiger partial charge in [0, 0.05) is 19.6 Å². The van der Waals surface area contributed by atoms with Crippen molar-refractivity contribution in [2.75, 3.05) is 45.2 Å². The van der Waals surface area contributed by atoms with Gasteiger partial charge in [0.25, 0.3) is 20.2 Å². The number of nitrogens with zero attached hydrogens (tertiary/aromatic N) is 1. The summed E-state index contributed by atoms with van der Waals surface area (Å²) >= 11 is 0. The highest BCUT2D eigenvalue weighted by Crippen LogP contribution is 2.02. The van der Waals surface area contributed by atoms with Crippen molar-refractivity contribution < 1.29 is 37.4 Å². The van der Waals surface area contributed by atoms with Gasteiger partial charge in [-0.05, 0) is 5.92 Å². The van der Waals surface area contributed by atoms with E-state index in [1.807, 2.05) is 0 Å². The van der Waals surface area contributed by atoms with Crippen LogP contribution in [0.3, 0.4) is 0 Å². The summed E-state index contributed by atoms with van der Waals surface area (Å²) in [6.45, 7) is 10.0. The summed E-state index contributed by atoms with van der Waals surface area (Å²) in [5, 5.41) is 0. The normalized spacial score (nSPS) is 12.8. The summed E-state index contributed by atoms with van der Waals surface area (Å²) < 4.78 is 51.7. The summed E-state index contributed by atoms with van der Waals surface area (Å²) in [4.78, 5) is 2.47. The van der Waals surface area contributed by atoms with Gasteiger partial charge in [-0.2, -0.15) is 16.8 Å². The second-order valence-electron chi connectivity index (χ2n) is 4.99. The molecule has 0 aliphatic rings. The first-order chi connectivity index (χ1) is 9.74. The maximum absolute atomic E-state index is 9.19. The Morgan fingerprint density at radius 3 is 1.41 bits per heavy atom. The Balaban J connectivity index is -0.000000298. The number of quaternary nitrogens is 2. The fourth-order valence-corrected chi connectivity index (χ4v) is 1.31. The monoisotopic (exact) mass is 367 g/mol. The van der Waals surface area contributed by atoms with Gasteiger partial charge in [-0.15, -0.1) is 0 Å². The number of hydrogen-bond donors (Lipinski definition) is 4. The molecule has 0 amide bonds. The van der Waals surface area contributed by atoms with Crippen LogP contribution in [-0.4, -0.2) is 76.1 Å². The van der Waals surface area contributed by atoms with E-state index in [2.05, 4.69) is 30.2 Å². The zero-order valence-electron chi connectivity index (χ0n) is 14.0. The fourth-order valence-electron chi connectivity index (χ4n) is 1.31. The van der Waals surface area contributed by atoms with Crippen LogP contribution in [0.15, 0.2) is 0 Å². The highest BCUT2D eigenvalue weighted by Gasteiger charge is 2.08. The van der Waals surface area contributed by atoms with Crippen molar-refractivity contribution >= 4 is 20.2 Å². The first kappa shape index (κ1) is 26.6. The lowest BCUT2D eigenvalue weighted by Crippen LogP contribution is -2.59. The molecule has 0 bridgehead atoms. The minimum atomic E-state index is -3.67. The van der Waals surface area contributed by atoms with E-state index in [4.69, 9.17) is 9.11 Å². The number of rotatable bonds is 7. The quantitative estimate of drug-likeness (QED) is 0.371. The molecule has 0 aromatic carbocycles. The van der Waals surface area contributed by atoms with Gasteiger partial charge in [0.1, 0.15) is 0 Å². The maximum Gasteiger partial charge on any atom is 0.261 e. The average molecular weight is 368 g/mol. The molecule has 0 rings (SSSR count). The molecule has 1 atom stereocenters. The summed E-state index contributed by atoms with van der Waals surface area (Å²) in [6, 6.07) is 0. The molecule has 0 radical (unpaired) electrons. The Hall–Kier alpha value is -0.300. The Morgan fingerprint density at radius 1 is 0.955 bits per heavy atom. The molecule has 8 N–H and O–H groups in total. The SMILES string of the molecule is CCC(C)CN(CC[NH3+])CC[NH3+].CS(=O)(=O)O.CS(=O)(=O)O. The molecule has 0 saturated heterocycles. The van der Waals surface area contributed by atoms with E-state index in [1.54, 1.807) is 0 Å². The maximum atomic E-state index is 9.19. The zero-order chi connectivity index (χ0) is 18.4. The van der Waals surface area contributed by atoms with Gasteiger partial charge < -0.3 is 11.5 Å². The third kappa shape index (κ3) is 50.3. The molecule has 11 heteroatoms. The first-order valence-electron chi connectivity index (χ1n) is 6.90. The summed E-state index contributed by atoms with van der Waals surface area (Å²) in [7, 11) is -7.33. The lowest BCUT2D eigenvalue weighted by Gasteiger charge is -2.22. The molecule has 1 unspecified atom stereocenters. The van der Waals surface area contributed by atoms with E-state index in [0.717, 1.165) is 32.1 Å². The topological polar surface area (TPSA) is 167 Å². The largest absolute Gasteiger partial charge is 0.357 e. The van der Waals surface area contributed by atoms with Crippen LogP contribution in [0.2, 0.25) is 0 Å². The molecule has 0 aliphatic heterocycles. The van der Waals surface area contributed by atoms with Crippen molar-refractivity contribution in [2.24, 2.45) is 5.92 Å². The highest BCUT2D eigenvalue weighted by molar-refractivity contribution is 7.85. The Labute approximate surface area is 134 Å². The molecule has 0 saturated carbocycles. The van der Waals surface area contributed by atoms with Gasteiger partial charge in [-0.3, -0.25) is 14.0 Å². The Morgan fingerprint density at radius 2 is 1.23 bits per heavy atom. The van der Waals surface area contributed by atoms with Crippen LogP contribution >= 0.6 is 0 Å². The van der Waals surface area contributed by atoms with Gasteiger partial charge >= 0.3 is 0 Å². The highest BCUT2D eigenvalue weighted by atomic mass is 32.2. The Bertz CT molecular complexity index is 387. The predicted octanol–water partition coefficient (Wildman–Crippen LogP) is -2.17. The summed E-state index contributed by atoms with van der Waals surface area (Å²) in [5.41, 5.74) is 7.76. The van der Waals surface area contributed by atoms with Crippen LogP contribution in [0.5, 0.6) is 0 Å². The van der Waals surface area contributed by atoms with Crippen LogP contribution in [0, 0.1) is 5.92 Å². The lowest BCUT2D eigenvalue weighted by atomic mass is 10.1. The molecule has 0 spiro atoms. The third-order valence-electron chi connectivity index (χ3n) is 2.22. The van der Waals surface area contributed by atoms with E-state index >= 15 is 0 Å². The summed E-state index contributed by atoms with van der Waals surface area (Å²) in [6.07, 6.45) is 2.70. The minimum absolute atomic E-state index is 0.715. The van der Waals surface area contributed by atoms with Gasteiger partial charge in [0.05, 0.1) is 25.6 Å². The molecule has 138 valence electrons. The van der Waals surface area contributed by atoms with E-state index < -0.39 is 20.2 Å². The van der Waals surface area contributed by atoms with Gasteiger partial charge in [0.2, 0.25) is 0 Å². The van der Waals surface area contributed by atoms with Crippen molar-refractivity contribution in [3.63, 3.8) is 0 Å². The fraction of sp³-hybridized carbons (Fsp3) is 1.00. The average Bonchev–Trinajstić information content (AvgIpc) is 2.25. The smallest absolute Gasteiger partial charge is 0.261 e. The molecule has 0 heterocycles. The molecule has 0 aromatic rings. The van der Waals surface area contributed by atoms with Crippen LogP contribution in [0.1, 0.15) is 20.3 Å². The van der Waals surface area contributed by atoms with Gasteiger partial charge in [0.15, 0.2) is 0 Å². The minimum Gasteiger partial charge on any atom is -0.357 e. The molecule has 0 aliphatic carbocycles. The van der Waals surface area contributed by atoms with Crippen molar-refractivity contribution in [3.8, 4) is 0 Å². The zero-order valence-corrected chi connectivity index (χ0v) is 15.7. The summed E-state index contributed by atoms with van der Waals surface area (Å²) in [5.74, 6) is 0.808. The molecule has 0 aromatic heterocycles. The Kier molecular flexibility index (Phi) is 17.3. The van der Waals surface area contributed by atoms with Gasteiger partial charge in [-0.1, -0.05) is 20.3 Å². The van der Waals surface area contributed by atoms with Crippen molar-refractivity contribution in [1.82, 2.24) is 4.90 Å². The standard InChI is InChI=1S/C9H23N3.2CH4O3S/c1-3-9(2)8-12(6-4-10)7-5-11;2*1-5(2,3)4/h9H,3-8,10-11H2,1-2H3;2*1H3,(H,2,3,4)/p+2. The van der Waals surface area contributed by atoms with E-state index in [9.17, 15) is 16.8 Å². The van der Waals surface area contributed by atoms with E-state index in [0.29, 0.717) is 12.5 Å². The van der Waals surface area contributed by atoms with Gasteiger partial charge in [-0.25, -0.2) is 0 Å². The molecule has 0 fully saturated rings.